The van der Waals surface area contributed by atoms with Crippen LogP contribution < -0.4 is 0 Å². The van der Waals surface area contributed by atoms with Gasteiger partial charge in [0.05, 0.1) is 32.7 Å². The molecule has 2 aliphatic heterocycles. The highest BCUT2D eigenvalue weighted by molar-refractivity contribution is 4.89. The Balaban J connectivity index is 2.31. The van der Waals surface area contributed by atoms with Crippen LogP contribution in [0.4, 0.5) is 0 Å². The van der Waals surface area contributed by atoms with E-state index in [9.17, 15) is 10.2 Å². The largest absolute Gasteiger partial charge is 0.393 e. The Morgan fingerprint density at radius 2 is 2.08 bits per heavy atom. The molecule has 0 aromatic heterocycles. The van der Waals surface area contributed by atoms with Crippen molar-refractivity contribution in [3.8, 4) is 0 Å². The lowest BCUT2D eigenvalue weighted by molar-refractivity contribution is -0.980. The molecule has 2 saturated heterocycles. The Kier molecular flexibility index (Phi) is 1.57. The van der Waals surface area contributed by atoms with Crippen LogP contribution in [0.15, 0.2) is 0 Å². The molecule has 12 heavy (non-hydrogen) atoms. The van der Waals surface area contributed by atoms with Gasteiger partial charge in [-0.05, 0) is 0 Å². The minimum absolute atomic E-state index is 0.284. The van der Waals surface area contributed by atoms with E-state index in [4.69, 9.17) is 0 Å². The third kappa shape index (κ3) is 0.873. The van der Waals surface area contributed by atoms with E-state index < -0.39 is 5.72 Å². The SMILES string of the molecule is C[N+]1(C)C2CCC1(O)CC(O)C2. The summed E-state index contributed by atoms with van der Waals surface area (Å²) in [6.07, 6.45) is 3.03. The van der Waals surface area contributed by atoms with E-state index in [0.29, 0.717) is 16.9 Å². The van der Waals surface area contributed by atoms with Gasteiger partial charge in [-0.25, -0.2) is 0 Å². The van der Waals surface area contributed by atoms with Gasteiger partial charge in [-0.3, -0.25) is 4.48 Å². The average molecular weight is 172 g/mol. The molecule has 0 aromatic rings. The van der Waals surface area contributed by atoms with Crippen LogP contribution in [0, 0.1) is 0 Å². The number of piperidine rings is 1. The second-order valence-electron chi connectivity index (χ2n) is 4.81. The molecule has 2 rings (SSSR count). The summed E-state index contributed by atoms with van der Waals surface area (Å²) < 4.78 is 0.685. The fourth-order valence-electron chi connectivity index (χ4n) is 2.84. The zero-order valence-electron chi connectivity index (χ0n) is 7.82. The smallest absolute Gasteiger partial charge is 0.203 e. The van der Waals surface area contributed by atoms with Gasteiger partial charge >= 0.3 is 0 Å². The van der Waals surface area contributed by atoms with Crippen molar-refractivity contribution in [1.82, 2.24) is 0 Å². The van der Waals surface area contributed by atoms with Crippen LogP contribution in [-0.2, 0) is 0 Å². The molecule has 0 aromatic carbocycles. The molecule has 3 atom stereocenters. The van der Waals surface area contributed by atoms with Gasteiger partial charge in [0.1, 0.15) is 0 Å². The summed E-state index contributed by atoms with van der Waals surface area (Å²) in [5, 5.41) is 19.7. The van der Waals surface area contributed by atoms with Crippen LogP contribution in [0.3, 0.4) is 0 Å². The molecule has 3 nitrogen and oxygen atoms in total. The Morgan fingerprint density at radius 1 is 1.42 bits per heavy atom. The Hall–Kier alpha value is -0.120. The number of aliphatic hydroxyl groups excluding tert-OH is 1. The summed E-state index contributed by atoms with van der Waals surface area (Å²) >= 11 is 0. The number of rotatable bonds is 0. The van der Waals surface area contributed by atoms with Gasteiger partial charge in [-0.15, -0.1) is 0 Å². The van der Waals surface area contributed by atoms with E-state index in [1.165, 1.54) is 0 Å². The molecule has 0 spiro atoms. The van der Waals surface area contributed by atoms with Crippen molar-refractivity contribution >= 4 is 0 Å². The summed E-state index contributed by atoms with van der Waals surface area (Å²) in [5.41, 5.74) is -0.650. The first-order valence-electron chi connectivity index (χ1n) is 4.70. The Labute approximate surface area is 73.2 Å². The zero-order valence-corrected chi connectivity index (χ0v) is 7.82. The molecule has 3 heteroatoms. The Morgan fingerprint density at radius 3 is 2.67 bits per heavy atom. The first-order chi connectivity index (χ1) is 5.46. The predicted octanol–water partition coefficient (Wildman–Crippen LogP) is 0.0685. The third-order valence-electron chi connectivity index (χ3n) is 3.97. The van der Waals surface area contributed by atoms with Gasteiger partial charge in [-0.2, -0.15) is 0 Å². The fourth-order valence-corrected chi connectivity index (χ4v) is 2.84. The normalized spacial score (nSPS) is 51.0. The van der Waals surface area contributed by atoms with Crippen LogP contribution >= 0.6 is 0 Å². The van der Waals surface area contributed by atoms with Crippen molar-refractivity contribution in [1.29, 1.82) is 0 Å². The molecule has 0 radical (unpaired) electrons. The number of hydrogen-bond donors (Lipinski definition) is 2. The number of aliphatic hydroxyl groups is 2. The van der Waals surface area contributed by atoms with Gasteiger partial charge in [0.15, 0.2) is 0 Å². The van der Waals surface area contributed by atoms with Gasteiger partial charge in [0.25, 0.3) is 0 Å². The van der Waals surface area contributed by atoms with Crippen LogP contribution in [0.2, 0.25) is 0 Å². The molecule has 2 fully saturated rings. The monoisotopic (exact) mass is 172 g/mol. The maximum atomic E-state index is 10.2. The van der Waals surface area contributed by atoms with Crippen molar-refractivity contribution in [2.45, 2.75) is 43.6 Å². The van der Waals surface area contributed by atoms with Crippen LogP contribution in [0.25, 0.3) is 0 Å². The number of quaternary nitrogens is 1. The molecule has 0 aliphatic carbocycles. The van der Waals surface area contributed by atoms with Crippen LogP contribution in [-0.4, -0.2) is 46.7 Å². The van der Waals surface area contributed by atoms with E-state index in [0.717, 1.165) is 19.3 Å². The minimum Gasteiger partial charge on any atom is -0.393 e. The quantitative estimate of drug-likeness (QED) is 0.508. The van der Waals surface area contributed by atoms with Crippen molar-refractivity contribution < 1.29 is 14.7 Å². The summed E-state index contributed by atoms with van der Waals surface area (Å²) in [6, 6.07) is 0.457. The second kappa shape index (κ2) is 2.22. The van der Waals surface area contributed by atoms with E-state index in [1.54, 1.807) is 0 Å². The molecule has 70 valence electrons. The lowest BCUT2D eigenvalue weighted by atomic mass is 9.95. The molecule has 0 amide bonds. The third-order valence-corrected chi connectivity index (χ3v) is 3.97. The molecule has 2 heterocycles. The summed E-state index contributed by atoms with van der Waals surface area (Å²) in [7, 11) is 4.15. The fraction of sp³-hybridized carbons (Fsp3) is 1.00. The zero-order chi connectivity index (χ0) is 8.98. The van der Waals surface area contributed by atoms with Gasteiger partial charge < -0.3 is 10.2 Å². The maximum absolute atomic E-state index is 10.2. The highest BCUT2D eigenvalue weighted by Crippen LogP contribution is 2.45. The predicted molar refractivity (Wildman–Crippen MR) is 45.3 cm³/mol. The van der Waals surface area contributed by atoms with Crippen molar-refractivity contribution in [3.05, 3.63) is 0 Å². The van der Waals surface area contributed by atoms with Gasteiger partial charge in [-0.1, -0.05) is 0 Å². The summed E-state index contributed by atoms with van der Waals surface area (Å²) in [4.78, 5) is 0. The molecular formula is C9H18NO2+. The Bertz CT molecular complexity index is 205. The second-order valence-corrected chi connectivity index (χ2v) is 4.81. The number of nitrogens with zero attached hydrogens (tertiary/aromatic N) is 1. The molecular weight excluding hydrogens is 154 g/mol. The highest BCUT2D eigenvalue weighted by atomic mass is 16.3. The highest BCUT2D eigenvalue weighted by Gasteiger charge is 2.58. The van der Waals surface area contributed by atoms with Crippen LogP contribution in [0.5, 0.6) is 0 Å². The van der Waals surface area contributed by atoms with Crippen molar-refractivity contribution in [3.63, 3.8) is 0 Å². The standard InChI is InChI=1S/C9H18NO2/c1-10(2)7-3-4-9(10,12)6-8(11)5-7/h7-8,11-12H,3-6H2,1-2H3/q+1. The van der Waals surface area contributed by atoms with E-state index >= 15 is 0 Å². The van der Waals surface area contributed by atoms with Crippen LogP contribution in [0.1, 0.15) is 25.7 Å². The molecule has 2 bridgehead atoms. The first-order valence-corrected chi connectivity index (χ1v) is 4.70. The lowest BCUT2D eigenvalue weighted by Gasteiger charge is -2.48. The summed E-state index contributed by atoms with van der Waals surface area (Å²) in [6.45, 7) is 0. The number of hydrogen-bond acceptors (Lipinski definition) is 2. The van der Waals surface area contributed by atoms with E-state index in [-0.39, 0.29) is 6.10 Å². The maximum Gasteiger partial charge on any atom is 0.203 e. The lowest BCUT2D eigenvalue weighted by Crippen LogP contribution is -2.63. The first kappa shape index (κ1) is 8.48. The number of fused-ring (bicyclic) bond motifs is 2. The summed E-state index contributed by atoms with van der Waals surface area (Å²) in [5.74, 6) is 0. The molecule has 2 N–H and O–H groups in total. The van der Waals surface area contributed by atoms with E-state index in [2.05, 4.69) is 14.1 Å². The minimum atomic E-state index is -0.650. The van der Waals surface area contributed by atoms with E-state index in [1.807, 2.05) is 0 Å². The van der Waals surface area contributed by atoms with Crippen molar-refractivity contribution in [2.75, 3.05) is 14.1 Å². The van der Waals surface area contributed by atoms with Gasteiger partial charge in [0, 0.05) is 19.3 Å². The molecule has 2 aliphatic rings. The average Bonchev–Trinajstić information content (AvgIpc) is 2.16. The van der Waals surface area contributed by atoms with Gasteiger partial charge in [0.2, 0.25) is 5.72 Å². The van der Waals surface area contributed by atoms with Crippen molar-refractivity contribution in [2.24, 2.45) is 0 Å². The topological polar surface area (TPSA) is 40.5 Å². The molecule has 0 saturated carbocycles. The molecule has 3 unspecified atom stereocenters.